The first kappa shape index (κ1) is 52.0. The van der Waals surface area contributed by atoms with Crippen LogP contribution in [-0.4, -0.2) is 54.7 Å². The topological polar surface area (TPSA) is 73.1 Å². The molecule has 2 heterocycles. The number of benzene rings is 5. The summed E-state index contributed by atoms with van der Waals surface area (Å²) in [7, 11) is -7.41. The zero-order valence-electron chi connectivity index (χ0n) is 39.3. The molecule has 0 spiro atoms. The summed E-state index contributed by atoms with van der Waals surface area (Å²) in [6, 6.07) is 44.8. The molecule has 0 fully saturated rings. The number of hydrogen-bond acceptors (Lipinski definition) is 7. The Hall–Kier alpha value is -5.38. The molecule has 0 unspecified atom stereocenters. The maximum atomic E-state index is 14.1. The summed E-state index contributed by atoms with van der Waals surface area (Å²) >= 11 is 1.78. The second kappa shape index (κ2) is 19.9. The van der Waals surface area contributed by atoms with Crippen LogP contribution in [0.5, 0.6) is 11.5 Å². The van der Waals surface area contributed by atoms with Crippen molar-refractivity contribution in [2.45, 2.75) is 68.4 Å². The molecule has 0 saturated carbocycles. The Balaban J connectivity index is 0.00000101. The number of nitrogens with zero attached hydrogens (tertiary/aromatic N) is 2. The Morgan fingerprint density at radius 1 is 0.750 bits per heavy atom. The molecule has 7 rings (SSSR count). The molecule has 364 valence electrons. The number of para-hydroxylation sites is 2. The maximum absolute atomic E-state index is 14.1. The standard InChI is InChI=1S/C51H57N3O5SSi.F6P/c1-50(2,3)61(7,8)59-36-41(35-58-51(38-16-10-9-11-17-38,39-22-26-42(56-5)27-23-39)40-24-28-43(57-6)29-25-40)52-48(55)31-33-54-32-30-37(44-18-12-13-19-45(44)54)34-49-53(4)46-20-14-15-21-47(46)60-49;1-7(2,3,4,5)6/h9-30,32,34,41H,31,33,35-36H2,1-8H3;/q;-1/p+1/t41-;/m0./s1. The number of ether oxygens (including phenoxy) is 3. The first-order chi connectivity index (χ1) is 31.8. The average molecular weight is 998 g/mol. The molecule has 8 nitrogen and oxygen atoms in total. The third kappa shape index (κ3) is 13.7. The van der Waals surface area contributed by atoms with Crippen LogP contribution < -0.4 is 24.3 Å². The van der Waals surface area contributed by atoms with E-state index in [1.54, 1.807) is 26.0 Å². The molecule has 68 heavy (non-hydrogen) atoms. The molecule has 1 aliphatic heterocycles. The van der Waals surface area contributed by atoms with Crippen molar-refractivity contribution in [3.63, 3.8) is 0 Å². The molecule has 17 heteroatoms. The number of nitrogens with one attached hydrogen (secondary N) is 1. The Morgan fingerprint density at radius 3 is 1.84 bits per heavy atom. The van der Waals surface area contributed by atoms with Crippen molar-refractivity contribution in [2.24, 2.45) is 0 Å². The number of hydrogen-bond donors (Lipinski definition) is 1. The molecule has 1 atom stereocenters. The predicted octanol–water partition coefficient (Wildman–Crippen LogP) is 14.0. The number of anilines is 1. The van der Waals surface area contributed by atoms with E-state index < -0.39 is 27.8 Å². The Bertz CT molecular complexity index is 2670. The normalized spacial score (nSPS) is 15.1. The number of aromatic nitrogens is 1. The summed E-state index contributed by atoms with van der Waals surface area (Å²) in [5.41, 5.74) is 5.17. The summed E-state index contributed by atoms with van der Waals surface area (Å²) in [6.45, 7) is 12.2. The summed E-state index contributed by atoms with van der Waals surface area (Å²) in [4.78, 5) is 17.6. The molecule has 0 radical (unpaired) electrons. The zero-order valence-corrected chi connectivity index (χ0v) is 42.0. The van der Waals surface area contributed by atoms with E-state index in [4.69, 9.17) is 18.6 Å². The quantitative estimate of drug-likeness (QED) is 0.0340. The number of rotatable bonds is 16. The van der Waals surface area contributed by atoms with Gasteiger partial charge in [-0.1, -0.05) is 111 Å². The molecule has 0 bridgehead atoms. The van der Waals surface area contributed by atoms with Crippen LogP contribution in [-0.2, 0) is 26.1 Å². The van der Waals surface area contributed by atoms with E-state index in [9.17, 15) is 30.0 Å². The van der Waals surface area contributed by atoms with Gasteiger partial charge in [-0.3, -0.25) is 4.79 Å². The van der Waals surface area contributed by atoms with E-state index in [0.29, 0.717) is 13.2 Å². The number of halogens is 6. The zero-order chi connectivity index (χ0) is 49.6. The van der Waals surface area contributed by atoms with Crippen LogP contribution in [0.1, 0.15) is 49.4 Å². The summed E-state index contributed by atoms with van der Waals surface area (Å²) in [6.07, 6.45) is 4.62. The summed E-state index contributed by atoms with van der Waals surface area (Å²) in [5.74, 6) is 1.42. The van der Waals surface area contributed by atoms with Crippen molar-refractivity contribution >= 4 is 56.5 Å². The van der Waals surface area contributed by atoms with Crippen molar-refractivity contribution < 1.29 is 53.2 Å². The van der Waals surface area contributed by atoms with Gasteiger partial charge in [0, 0.05) is 24.1 Å². The summed E-state index contributed by atoms with van der Waals surface area (Å²) in [5, 5.41) is 5.65. The first-order valence-corrected chi connectivity index (χ1v) is 27.6. The van der Waals surface area contributed by atoms with Crippen molar-refractivity contribution in [3.05, 3.63) is 167 Å². The van der Waals surface area contributed by atoms with Crippen LogP contribution in [0.15, 0.2) is 150 Å². The molecule has 1 aromatic heterocycles. The number of aryl methyl sites for hydroxylation is 1. The minimum absolute atomic E-state index is 0.0158. The number of carbonyl (C=O) groups is 1. The number of amides is 1. The number of methoxy groups -OCH3 is 2. The molecule has 5 aromatic carbocycles. The summed E-state index contributed by atoms with van der Waals surface area (Å²) < 4.78 is 86.6. The van der Waals surface area contributed by atoms with Gasteiger partial charge < -0.3 is 28.9 Å². The van der Waals surface area contributed by atoms with Crippen molar-refractivity contribution in [1.82, 2.24) is 5.32 Å². The molecule has 1 N–H and O–H groups in total. The van der Waals surface area contributed by atoms with E-state index in [-0.39, 0.29) is 24.0 Å². The van der Waals surface area contributed by atoms with Gasteiger partial charge >= 0.3 is 33.0 Å². The van der Waals surface area contributed by atoms with Crippen molar-refractivity contribution in [1.29, 1.82) is 0 Å². The van der Waals surface area contributed by atoms with Gasteiger partial charge in [0.25, 0.3) is 0 Å². The fraction of sp³-hybridized carbons (Fsp3) is 0.294. The SMILES string of the molecule is COc1ccc(C(OC[C@@H](CO[Si](C)(C)C(C)(C)C)NC(=O)CC[n+]2ccc(/C=C3\Sc4ccccc4N3C)c3ccccc32)(c2ccccc2)c2ccc(OC)cc2)cc1.F[P-](F)(F)(F)(F)F. The van der Waals surface area contributed by atoms with E-state index in [1.165, 1.54) is 15.6 Å². The Labute approximate surface area is 399 Å². The number of thioether (sulfide) groups is 1. The van der Waals surface area contributed by atoms with Crippen LogP contribution in [0.25, 0.3) is 17.0 Å². The molecule has 1 aliphatic rings. The number of carbonyl (C=O) groups excluding carboxylic acids is 1. The van der Waals surface area contributed by atoms with Gasteiger partial charge in [-0.15, -0.1) is 0 Å². The molecule has 6 aromatic rings. The van der Waals surface area contributed by atoms with Crippen molar-refractivity contribution in [2.75, 3.05) is 39.4 Å². The van der Waals surface area contributed by atoms with Gasteiger partial charge in [0.05, 0.1) is 56.0 Å². The van der Waals surface area contributed by atoms with Gasteiger partial charge in [0.15, 0.2) is 21.1 Å². The number of fused-ring (bicyclic) bond motifs is 2. The van der Waals surface area contributed by atoms with Crippen LogP contribution in [0.3, 0.4) is 0 Å². The van der Waals surface area contributed by atoms with Crippen LogP contribution in [0.4, 0.5) is 30.9 Å². The second-order valence-electron chi connectivity index (χ2n) is 18.0. The third-order valence-electron chi connectivity index (χ3n) is 12.1. The van der Waals surface area contributed by atoms with Gasteiger partial charge in [-0.05, 0) is 88.9 Å². The van der Waals surface area contributed by atoms with E-state index >= 15 is 0 Å². The van der Waals surface area contributed by atoms with E-state index in [0.717, 1.165) is 44.7 Å². The van der Waals surface area contributed by atoms with Crippen LogP contribution in [0.2, 0.25) is 18.1 Å². The predicted molar refractivity (Wildman–Crippen MR) is 264 cm³/mol. The van der Waals surface area contributed by atoms with Crippen LogP contribution in [0, 0.1) is 0 Å². The average Bonchev–Trinajstić information content (AvgIpc) is 3.61. The van der Waals surface area contributed by atoms with Crippen LogP contribution >= 0.6 is 19.6 Å². The van der Waals surface area contributed by atoms with Gasteiger partial charge in [-0.25, -0.2) is 0 Å². The van der Waals surface area contributed by atoms with Gasteiger partial charge in [0.1, 0.15) is 17.1 Å². The fourth-order valence-electron chi connectivity index (χ4n) is 7.49. The van der Waals surface area contributed by atoms with Gasteiger partial charge in [0.2, 0.25) is 11.4 Å². The molecular weight excluding hydrogens is 940 g/mol. The Kier molecular flexibility index (Phi) is 15.2. The monoisotopic (exact) mass is 997 g/mol. The van der Waals surface area contributed by atoms with Crippen molar-refractivity contribution in [3.8, 4) is 11.5 Å². The second-order valence-corrected chi connectivity index (χ2v) is 25.7. The van der Waals surface area contributed by atoms with E-state index in [1.807, 2.05) is 66.7 Å². The molecule has 0 aliphatic carbocycles. The van der Waals surface area contributed by atoms with Gasteiger partial charge in [-0.2, -0.15) is 4.57 Å². The first-order valence-electron chi connectivity index (χ1n) is 21.9. The number of pyridine rings is 1. The fourth-order valence-corrected chi connectivity index (χ4v) is 9.64. The third-order valence-corrected chi connectivity index (χ3v) is 17.7. The minimum atomic E-state index is -10.7. The Morgan fingerprint density at radius 2 is 1.28 bits per heavy atom. The molecular formula is C51H58F6N3O5PSSi. The van der Waals surface area contributed by atoms with E-state index in [2.05, 4.69) is 135 Å². The molecule has 1 amide bonds. The molecule has 0 saturated heterocycles.